The molecule has 106 valence electrons. The molecule has 2 aromatic carbocycles. The van der Waals surface area contributed by atoms with Crippen molar-refractivity contribution in [2.24, 2.45) is 0 Å². The van der Waals surface area contributed by atoms with Gasteiger partial charge in [0.1, 0.15) is 5.82 Å². The van der Waals surface area contributed by atoms with E-state index in [9.17, 15) is 9.18 Å². The average molecular weight is 283 g/mol. The Balaban J connectivity index is 1.96. The van der Waals surface area contributed by atoms with E-state index in [1.54, 1.807) is 6.07 Å². The second-order valence-electron chi connectivity index (χ2n) is 5.04. The summed E-state index contributed by atoms with van der Waals surface area (Å²) in [6.07, 6.45) is 1.93. The molecule has 21 heavy (non-hydrogen) atoms. The number of halogens is 1. The van der Waals surface area contributed by atoms with Crippen molar-refractivity contribution in [3.05, 3.63) is 71.7 Å². The van der Waals surface area contributed by atoms with Gasteiger partial charge in [-0.1, -0.05) is 24.3 Å². The van der Waals surface area contributed by atoms with Crippen molar-refractivity contribution >= 4 is 16.9 Å². The highest BCUT2D eigenvalue weighted by molar-refractivity contribution is 5.82. The standard InChI is InChI=1S/C17H14FNO2/c18-15-3-1-2-13(8-15)11-19-7-6-14-5-4-12(9-16(14)19)10-17(20)21/h1-9H,10-11H2,(H,20,21). The number of nitrogens with zero attached hydrogens (tertiary/aromatic N) is 1. The Bertz CT molecular complexity index is 807. The van der Waals surface area contributed by atoms with E-state index in [-0.39, 0.29) is 12.2 Å². The van der Waals surface area contributed by atoms with Gasteiger partial charge in [0, 0.05) is 18.3 Å². The molecule has 3 aromatic rings. The highest BCUT2D eigenvalue weighted by atomic mass is 19.1. The van der Waals surface area contributed by atoms with E-state index in [1.165, 1.54) is 12.1 Å². The van der Waals surface area contributed by atoms with Crippen LogP contribution in [0.15, 0.2) is 54.7 Å². The van der Waals surface area contributed by atoms with Gasteiger partial charge in [0.15, 0.2) is 0 Å². The van der Waals surface area contributed by atoms with Crippen molar-refractivity contribution in [1.29, 1.82) is 0 Å². The minimum absolute atomic E-state index is 0.00108. The van der Waals surface area contributed by atoms with Gasteiger partial charge in [-0.05, 0) is 40.8 Å². The molecule has 1 aromatic heterocycles. The van der Waals surface area contributed by atoms with Crippen LogP contribution in [0.1, 0.15) is 11.1 Å². The number of benzene rings is 2. The molecule has 0 radical (unpaired) electrons. The quantitative estimate of drug-likeness (QED) is 0.796. The zero-order chi connectivity index (χ0) is 14.8. The fraction of sp³-hybridized carbons (Fsp3) is 0.118. The van der Waals surface area contributed by atoms with Crippen LogP contribution in [0.4, 0.5) is 4.39 Å². The smallest absolute Gasteiger partial charge is 0.307 e. The van der Waals surface area contributed by atoms with Gasteiger partial charge in [0.2, 0.25) is 0 Å². The van der Waals surface area contributed by atoms with Gasteiger partial charge >= 0.3 is 5.97 Å². The summed E-state index contributed by atoms with van der Waals surface area (Å²) in [7, 11) is 0. The van der Waals surface area contributed by atoms with Crippen LogP contribution in [-0.4, -0.2) is 15.6 Å². The molecule has 4 heteroatoms. The Kier molecular flexibility index (Phi) is 3.44. The Morgan fingerprint density at radius 3 is 2.71 bits per heavy atom. The van der Waals surface area contributed by atoms with Crippen LogP contribution in [0.2, 0.25) is 0 Å². The number of hydrogen-bond donors (Lipinski definition) is 1. The molecule has 0 atom stereocenters. The van der Waals surface area contributed by atoms with E-state index in [4.69, 9.17) is 5.11 Å². The highest BCUT2D eigenvalue weighted by Gasteiger charge is 2.06. The highest BCUT2D eigenvalue weighted by Crippen LogP contribution is 2.19. The topological polar surface area (TPSA) is 42.2 Å². The van der Waals surface area contributed by atoms with E-state index in [2.05, 4.69) is 0 Å². The molecule has 0 aliphatic heterocycles. The van der Waals surface area contributed by atoms with E-state index in [1.807, 2.05) is 41.1 Å². The molecule has 0 amide bonds. The molecular weight excluding hydrogens is 269 g/mol. The monoisotopic (exact) mass is 283 g/mol. The van der Waals surface area contributed by atoms with E-state index in [0.29, 0.717) is 6.54 Å². The molecule has 0 aliphatic rings. The molecule has 3 nitrogen and oxygen atoms in total. The predicted octanol–water partition coefficient (Wildman–Crippen LogP) is 3.46. The number of fused-ring (bicyclic) bond motifs is 1. The summed E-state index contributed by atoms with van der Waals surface area (Å²) in [6, 6.07) is 14.1. The maximum atomic E-state index is 13.2. The van der Waals surface area contributed by atoms with Crippen LogP contribution in [0.3, 0.4) is 0 Å². The lowest BCUT2D eigenvalue weighted by molar-refractivity contribution is -0.136. The first-order chi connectivity index (χ1) is 10.1. The number of hydrogen-bond acceptors (Lipinski definition) is 1. The molecular formula is C17H14FNO2. The van der Waals surface area contributed by atoms with E-state index < -0.39 is 5.97 Å². The van der Waals surface area contributed by atoms with Gasteiger partial charge in [-0.15, -0.1) is 0 Å². The van der Waals surface area contributed by atoms with Crippen LogP contribution in [0.5, 0.6) is 0 Å². The van der Waals surface area contributed by atoms with Gasteiger partial charge in [0.05, 0.1) is 6.42 Å². The molecule has 0 spiro atoms. The van der Waals surface area contributed by atoms with Crippen molar-refractivity contribution in [3.8, 4) is 0 Å². The first kappa shape index (κ1) is 13.4. The predicted molar refractivity (Wildman–Crippen MR) is 78.8 cm³/mol. The van der Waals surface area contributed by atoms with Crippen molar-refractivity contribution in [2.45, 2.75) is 13.0 Å². The minimum Gasteiger partial charge on any atom is -0.481 e. The zero-order valence-electron chi connectivity index (χ0n) is 11.3. The number of aliphatic carboxylic acids is 1. The Labute approximate surface area is 121 Å². The molecule has 1 N–H and O–H groups in total. The number of carbonyl (C=O) groups is 1. The summed E-state index contributed by atoms with van der Waals surface area (Å²) in [5, 5.41) is 9.92. The molecule has 1 heterocycles. The lowest BCUT2D eigenvalue weighted by atomic mass is 10.1. The van der Waals surface area contributed by atoms with Crippen LogP contribution >= 0.6 is 0 Å². The van der Waals surface area contributed by atoms with Crippen molar-refractivity contribution in [1.82, 2.24) is 4.57 Å². The van der Waals surface area contributed by atoms with Gasteiger partial charge in [-0.25, -0.2) is 4.39 Å². The van der Waals surface area contributed by atoms with Gasteiger partial charge < -0.3 is 9.67 Å². The maximum absolute atomic E-state index is 13.2. The molecule has 0 aliphatic carbocycles. The minimum atomic E-state index is -0.849. The summed E-state index contributed by atoms with van der Waals surface area (Å²) in [5.41, 5.74) is 2.59. The molecule has 0 saturated carbocycles. The number of aromatic nitrogens is 1. The Morgan fingerprint density at radius 1 is 1.10 bits per heavy atom. The Morgan fingerprint density at radius 2 is 1.95 bits per heavy atom. The molecule has 0 bridgehead atoms. The van der Waals surface area contributed by atoms with Crippen molar-refractivity contribution in [3.63, 3.8) is 0 Å². The fourth-order valence-electron chi connectivity index (χ4n) is 2.48. The largest absolute Gasteiger partial charge is 0.481 e. The van der Waals surface area contributed by atoms with Crippen LogP contribution in [-0.2, 0) is 17.8 Å². The second-order valence-corrected chi connectivity index (χ2v) is 5.04. The molecule has 0 unspecified atom stereocenters. The second kappa shape index (κ2) is 5.40. The van der Waals surface area contributed by atoms with Crippen LogP contribution in [0.25, 0.3) is 10.9 Å². The number of carboxylic acid groups (broad SMARTS) is 1. The summed E-state index contributed by atoms with van der Waals surface area (Å²) in [5.74, 6) is -1.10. The molecule has 0 fully saturated rings. The van der Waals surface area contributed by atoms with E-state index >= 15 is 0 Å². The average Bonchev–Trinajstić information content (AvgIpc) is 2.81. The number of carboxylic acids is 1. The van der Waals surface area contributed by atoms with E-state index in [0.717, 1.165) is 22.0 Å². The van der Waals surface area contributed by atoms with Gasteiger partial charge in [0.25, 0.3) is 0 Å². The van der Waals surface area contributed by atoms with Crippen molar-refractivity contribution < 1.29 is 14.3 Å². The fourth-order valence-corrected chi connectivity index (χ4v) is 2.48. The van der Waals surface area contributed by atoms with Crippen LogP contribution < -0.4 is 0 Å². The summed E-state index contributed by atoms with van der Waals surface area (Å²) in [4.78, 5) is 10.8. The van der Waals surface area contributed by atoms with Crippen molar-refractivity contribution in [2.75, 3.05) is 0 Å². The third-order valence-corrected chi connectivity index (χ3v) is 3.44. The van der Waals surface area contributed by atoms with Crippen LogP contribution in [0, 0.1) is 5.82 Å². The zero-order valence-corrected chi connectivity index (χ0v) is 11.3. The summed E-state index contributed by atoms with van der Waals surface area (Å²) < 4.78 is 15.2. The lowest BCUT2D eigenvalue weighted by Gasteiger charge is -2.07. The first-order valence-electron chi connectivity index (χ1n) is 6.66. The molecule has 0 saturated heterocycles. The summed E-state index contributed by atoms with van der Waals surface area (Å²) >= 11 is 0. The van der Waals surface area contributed by atoms with Gasteiger partial charge in [-0.3, -0.25) is 4.79 Å². The van der Waals surface area contributed by atoms with Gasteiger partial charge in [-0.2, -0.15) is 0 Å². The normalized spacial score (nSPS) is 10.9. The number of rotatable bonds is 4. The Hall–Kier alpha value is -2.62. The SMILES string of the molecule is O=C(O)Cc1ccc2ccn(Cc3cccc(F)c3)c2c1. The maximum Gasteiger partial charge on any atom is 0.307 e. The third kappa shape index (κ3) is 2.94. The summed E-state index contributed by atoms with van der Waals surface area (Å²) in [6.45, 7) is 0.553. The first-order valence-corrected chi connectivity index (χ1v) is 6.66. The lowest BCUT2D eigenvalue weighted by Crippen LogP contribution is -2.01. The molecule has 3 rings (SSSR count). The third-order valence-electron chi connectivity index (χ3n) is 3.44.